The molecule has 1 unspecified atom stereocenters. The molecule has 0 amide bonds. The fourth-order valence-corrected chi connectivity index (χ4v) is 3.59. The van der Waals surface area contributed by atoms with Gasteiger partial charge in [0.05, 0.1) is 0 Å². The predicted octanol–water partition coefficient (Wildman–Crippen LogP) is 4.18. The van der Waals surface area contributed by atoms with Crippen molar-refractivity contribution in [3.63, 3.8) is 0 Å². The number of aromatic nitrogens is 1. The molecule has 2 heterocycles. The molecule has 3 nitrogen and oxygen atoms in total. The van der Waals surface area contributed by atoms with Crippen molar-refractivity contribution in [1.82, 2.24) is 9.88 Å². The minimum Gasteiger partial charge on any atom is -0.431 e. The minimum atomic E-state index is 0.762. The van der Waals surface area contributed by atoms with E-state index < -0.39 is 0 Å². The van der Waals surface area contributed by atoms with Crippen molar-refractivity contribution >= 4 is 22.9 Å². The number of piperidine rings is 1. The van der Waals surface area contributed by atoms with E-state index in [0.29, 0.717) is 0 Å². The normalized spacial score (nSPS) is 20.6. The van der Waals surface area contributed by atoms with Gasteiger partial charge in [0.15, 0.2) is 5.58 Å². The molecule has 108 valence electrons. The molecule has 1 aromatic heterocycles. The summed E-state index contributed by atoms with van der Waals surface area (Å²) in [6.07, 6.45) is 5.32. The molecule has 0 aliphatic carbocycles. The molecule has 2 aromatic rings. The first-order valence-corrected chi connectivity index (χ1v) is 8.54. The van der Waals surface area contributed by atoms with E-state index in [0.717, 1.165) is 28.1 Å². The van der Waals surface area contributed by atoms with Crippen LogP contribution in [-0.4, -0.2) is 34.8 Å². The SMILES string of the molecule is CC1CCCCN1CCCSc1nc2ccccc2o1. The maximum Gasteiger partial charge on any atom is 0.256 e. The van der Waals surface area contributed by atoms with Crippen LogP contribution in [0.25, 0.3) is 11.1 Å². The molecule has 20 heavy (non-hydrogen) atoms. The van der Waals surface area contributed by atoms with Crippen molar-refractivity contribution in [2.45, 2.75) is 43.9 Å². The summed E-state index contributed by atoms with van der Waals surface area (Å²) in [5, 5.41) is 0.804. The van der Waals surface area contributed by atoms with Gasteiger partial charge in [-0.05, 0) is 51.4 Å². The van der Waals surface area contributed by atoms with Gasteiger partial charge in [0.1, 0.15) is 5.52 Å². The highest BCUT2D eigenvalue weighted by Crippen LogP contribution is 2.24. The molecule has 3 rings (SSSR count). The Balaban J connectivity index is 1.45. The quantitative estimate of drug-likeness (QED) is 0.610. The van der Waals surface area contributed by atoms with Gasteiger partial charge < -0.3 is 9.32 Å². The Labute approximate surface area is 124 Å². The number of nitrogens with zero attached hydrogens (tertiary/aromatic N) is 2. The van der Waals surface area contributed by atoms with Gasteiger partial charge in [0.25, 0.3) is 5.22 Å². The van der Waals surface area contributed by atoms with Gasteiger partial charge in [-0.1, -0.05) is 30.3 Å². The van der Waals surface area contributed by atoms with E-state index in [1.807, 2.05) is 24.3 Å². The molecule has 0 saturated carbocycles. The Morgan fingerprint density at radius 3 is 3.10 bits per heavy atom. The summed E-state index contributed by atoms with van der Waals surface area (Å²) in [5.74, 6) is 1.08. The van der Waals surface area contributed by atoms with Crippen molar-refractivity contribution in [2.75, 3.05) is 18.8 Å². The van der Waals surface area contributed by atoms with Crippen LogP contribution in [-0.2, 0) is 0 Å². The largest absolute Gasteiger partial charge is 0.431 e. The molecule has 1 fully saturated rings. The zero-order chi connectivity index (χ0) is 13.8. The van der Waals surface area contributed by atoms with Crippen molar-refractivity contribution in [3.05, 3.63) is 24.3 Å². The van der Waals surface area contributed by atoms with Crippen LogP contribution in [0, 0.1) is 0 Å². The van der Waals surface area contributed by atoms with Gasteiger partial charge >= 0.3 is 0 Å². The van der Waals surface area contributed by atoms with Gasteiger partial charge in [-0.15, -0.1) is 0 Å². The highest BCUT2D eigenvalue weighted by atomic mass is 32.2. The molecule has 1 atom stereocenters. The van der Waals surface area contributed by atoms with Crippen LogP contribution in [0.5, 0.6) is 0 Å². The first-order valence-electron chi connectivity index (χ1n) is 7.55. The van der Waals surface area contributed by atoms with E-state index in [4.69, 9.17) is 4.42 Å². The lowest BCUT2D eigenvalue weighted by molar-refractivity contribution is 0.161. The maximum absolute atomic E-state index is 5.72. The Kier molecular flexibility index (Phi) is 4.63. The third kappa shape index (κ3) is 3.36. The number of hydrogen-bond donors (Lipinski definition) is 0. The number of likely N-dealkylation sites (tertiary alicyclic amines) is 1. The van der Waals surface area contributed by atoms with Gasteiger partial charge in [0.2, 0.25) is 0 Å². The molecule has 0 radical (unpaired) electrons. The highest BCUT2D eigenvalue weighted by molar-refractivity contribution is 7.99. The van der Waals surface area contributed by atoms with Crippen LogP contribution in [0.4, 0.5) is 0 Å². The molecular formula is C16H22N2OS. The summed E-state index contributed by atoms with van der Waals surface area (Å²) in [5.41, 5.74) is 1.85. The van der Waals surface area contributed by atoms with Crippen LogP contribution in [0.15, 0.2) is 33.9 Å². The van der Waals surface area contributed by atoms with E-state index >= 15 is 0 Å². The Bertz CT molecular complexity index is 521. The number of rotatable bonds is 5. The smallest absolute Gasteiger partial charge is 0.256 e. The van der Waals surface area contributed by atoms with Crippen LogP contribution in [0.1, 0.15) is 32.6 Å². The molecule has 4 heteroatoms. The Morgan fingerprint density at radius 1 is 1.35 bits per heavy atom. The second-order valence-corrected chi connectivity index (χ2v) is 6.58. The van der Waals surface area contributed by atoms with Crippen LogP contribution in [0.3, 0.4) is 0 Å². The molecular weight excluding hydrogens is 268 g/mol. The third-order valence-electron chi connectivity index (χ3n) is 4.03. The third-order valence-corrected chi connectivity index (χ3v) is 4.94. The highest BCUT2D eigenvalue weighted by Gasteiger charge is 2.17. The minimum absolute atomic E-state index is 0.762. The molecule has 1 aliphatic heterocycles. The van der Waals surface area contributed by atoms with Crippen molar-refractivity contribution in [1.29, 1.82) is 0 Å². The number of para-hydroxylation sites is 2. The lowest BCUT2D eigenvalue weighted by Gasteiger charge is -2.33. The van der Waals surface area contributed by atoms with Gasteiger partial charge in [-0.2, -0.15) is 0 Å². The van der Waals surface area contributed by atoms with Gasteiger partial charge in [-0.25, -0.2) is 4.98 Å². The molecule has 1 saturated heterocycles. The average molecular weight is 290 g/mol. The maximum atomic E-state index is 5.72. The summed E-state index contributed by atoms with van der Waals surface area (Å²) in [4.78, 5) is 7.12. The summed E-state index contributed by atoms with van der Waals surface area (Å²) in [6.45, 7) is 4.83. The van der Waals surface area contributed by atoms with E-state index in [9.17, 15) is 0 Å². The van der Waals surface area contributed by atoms with Gasteiger partial charge in [-0.3, -0.25) is 0 Å². The lowest BCUT2D eigenvalue weighted by Crippen LogP contribution is -2.38. The summed E-state index contributed by atoms with van der Waals surface area (Å²) in [6, 6.07) is 8.72. The first kappa shape index (κ1) is 14.0. The van der Waals surface area contributed by atoms with E-state index in [1.165, 1.54) is 38.8 Å². The average Bonchev–Trinajstić information content (AvgIpc) is 2.88. The predicted molar refractivity (Wildman–Crippen MR) is 84.2 cm³/mol. The van der Waals surface area contributed by atoms with Crippen LogP contribution >= 0.6 is 11.8 Å². The Morgan fingerprint density at radius 2 is 2.25 bits per heavy atom. The molecule has 1 aliphatic rings. The molecule has 0 N–H and O–H groups in total. The van der Waals surface area contributed by atoms with Crippen molar-refractivity contribution in [2.24, 2.45) is 0 Å². The lowest BCUT2D eigenvalue weighted by atomic mass is 10.0. The van der Waals surface area contributed by atoms with E-state index in [2.05, 4.69) is 16.8 Å². The molecule has 0 spiro atoms. The summed E-state index contributed by atoms with van der Waals surface area (Å²) >= 11 is 1.73. The molecule has 1 aromatic carbocycles. The number of thioether (sulfide) groups is 1. The number of benzene rings is 1. The van der Waals surface area contributed by atoms with E-state index in [-0.39, 0.29) is 0 Å². The van der Waals surface area contributed by atoms with E-state index in [1.54, 1.807) is 11.8 Å². The van der Waals surface area contributed by atoms with Crippen LogP contribution < -0.4 is 0 Å². The summed E-state index contributed by atoms with van der Waals surface area (Å²) in [7, 11) is 0. The first-order chi connectivity index (χ1) is 9.83. The fourth-order valence-electron chi connectivity index (χ4n) is 2.83. The molecule has 0 bridgehead atoms. The monoisotopic (exact) mass is 290 g/mol. The number of fused-ring (bicyclic) bond motifs is 1. The second-order valence-electron chi connectivity index (χ2n) is 5.53. The van der Waals surface area contributed by atoms with Crippen molar-refractivity contribution in [3.8, 4) is 0 Å². The second kappa shape index (κ2) is 6.64. The Hall–Kier alpha value is -1.00. The number of hydrogen-bond acceptors (Lipinski definition) is 4. The standard InChI is InChI=1S/C16H22N2OS/c1-13-7-4-5-10-18(13)11-6-12-20-16-17-14-8-2-3-9-15(14)19-16/h2-3,8-9,13H,4-7,10-12H2,1H3. The number of oxazole rings is 1. The summed E-state index contributed by atoms with van der Waals surface area (Å²) < 4.78 is 5.72. The zero-order valence-corrected chi connectivity index (χ0v) is 12.9. The van der Waals surface area contributed by atoms with Gasteiger partial charge in [0, 0.05) is 11.8 Å². The van der Waals surface area contributed by atoms with Crippen molar-refractivity contribution < 1.29 is 4.42 Å². The van der Waals surface area contributed by atoms with Crippen LogP contribution in [0.2, 0.25) is 0 Å². The topological polar surface area (TPSA) is 29.3 Å². The fraction of sp³-hybridized carbons (Fsp3) is 0.562. The zero-order valence-electron chi connectivity index (χ0n) is 12.0.